The number of benzene rings is 1. The number of hydrogen-bond donors (Lipinski definition) is 2. The Morgan fingerprint density at radius 1 is 1.15 bits per heavy atom. The average molecular weight is 343 g/mol. The Kier molecular flexibility index (Phi) is 4.40. The maximum Gasteiger partial charge on any atom is 0.253 e. The van der Waals surface area contributed by atoms with E-state index in [0.29, 0.717) is 6.54 Å². The molecule has 0 radical (unpaired) electrons. The molecule has 1 aliphatic heterocycles. The lowest BCUT2D eigenvalue weighted by Crippen LogP contribution is -2.31. The van der Waals surface area contributed by atoms with Crippen LogP contribution in [0, 0.1) is 0 Å². The van der Waals surface area contributed by atoms with Crippen molar-refractivity contribution in [3.05, 3.63) is 71.6 Å². The zero-order valence-corrected chi connectivity index (χ0v) is 14.8. The fraction of sp³-hybridized carbons (Fsp3) is 0.182. The van der Waals surface area contributed by atoms with Crippen molar-refractivity contribution in [1.29, 1.82) is 0 Å². The maximum absolute atomic E-state index is 12.0. The number of aromatic nitrogens is 2. The molecule has 0 fully saturated rings. The number of hydrogen-bond acceptors (Lipinski definition) is 2. The summed E-state index contributed by atoms with van der Waals surface area (Å²) in [4.78, 5) is 19.9. The zero-order valence-electron chi connectivity index (χ0n) is 14.8. The Balaban J connectivity index is 1.70. The second-order valence-electron chi connectivity index (χ2n) is 6.45. The number of nitrogens with zero attached hydrogens (tertiary/aromatic N) is 1. The molecule has 0 aliphatic carbocycles. The van der Waals surface area contributed by atoms with E-state index in [-0.39, 0.29) is 5.91 Å². The number of aromatic amines is 1. The minimum atomic E-state index is -0.00144. The molecule has 2 aromatic heterocycles. The highest BCUT2D eigenvalue weighted by Crippen LogP contribution is 2.27. The van der Waals surface area contributed by atoms with Crippen LogP contribution in [0.2, 0.25) is 0 Å². The molecule has 130 valence electrons. The van der Waals surface area contributed by atoms with E-state index in [4.69, 9.17) is 0 Å². The average Bonchev–Trinajstić information content (AvgIpc) is 3.13. The number of amides is 1. The van der Waals surface area contributed by atoms with E-state index >= 15 is 0 Å². The molecule has 4 heteroatoms. The van der Waals surface area contributed by atoms with Gasteiger partial charge in [0.05, 0.1) is 11.3 Å². The maximum atomic E-state index is 12.0. The lowest BCUT2D eigenvalue weighted by Gasteiger charge is -2.11. The molecule has 3 heterocycles. The van der Waals surface area contributed by atoms with E-state index in [0.717, 1.165) is 46.6 Å². The molecule has 1 aliphatic rings. The fourth-order valence-electron chi connectivity index (χ4n) is 3.26. The minimum Gasteiger partial charge on any atom is -0.358 e. The fourth-order valence-corrected chi connectivity index (χ4v) is 3.26. The van der Waals surface area contributed by atoms with E-state index in [1.807, 2.05) is 18.3 Å². The minimum absolute atomic E-state index is 0.00144. The Morgan fingerprint density at radius 3 is 2.92 bits per heavy atom. The normalized spacial score (nSPS) is 13.7. The van der Waals surface area contributed by atoms with Gasteiger partial charge >= 0.3 is 0 Å². The molecular formula is C22H21N3O. The van der Waals surface area contributed by atoms with Crippen LogP contribution < -0.4 is 5.32 Å². The van der Waals surface area contributed by atoms with Gasteiger partial charge in [-0.3, -0.25) is 9.78 Å². The molecule has 0 saturated carbocycles. The monoisotopic (exact) mass is 343 g/mol. The molecule has 0 spiro atoms. The summed E-state index contributed by atoms with van der Waals surface area (Å²) in [7, 11) is 0. The van der Waals surface area contributed by atoms with Gasteiger partial charge in [0.15, 0.2) is 0 Å². The Bertz CT molecular complexity index is 985. The highest BCUT2D eigenvalue weighted by molar-refractivity contribution is 5.97. The van der Waals surface area contributed by atoms with E-state index in [2.05, 4.69) is 64.7 Å². The summed E-state index contributed by atoms with van der Waals surface area (Å²) < 4.78 is 0. The molecule has 1 amide bonds. The quantitative estimate of drug-likeness (QED) is 0.735. The van der Waals surface area contributed by atoms with Crippen LogP contribution in [0.3, 0.4) is 0 Å². The molecule has 3 aromatic rings. The van der Waals surface area contributed by atoms with Crippen LogP contribution in [0.5, 0.6) is 0 Å². The third-order valence-corrected chi connectivity index (χ3v) is 4.60. The van der Waals surface area contributed by atoms with Gasteiger partial charge in [0.1, 0.15) is 0 Å². The standard InChI is InChI=1S/C22H21N3O/c1-2-3-5-15-6-4-7-16(12-15)20-13-17(8-10-23-20)21-14-18-19(25-21)9-11-24-22(18)26/h3-8,10,12-14,25H,2,9,11H2,1H3,(H,24,26). The highest BCUT2D eigenvalue weighted by Gasteiger charge is 2.20. The first-order valence-electron chi connectivity index (χ1n) is 8.98. The Hall–Kier alpha value is -3.14. The molecule has 4 rings (SSSR count). The van der Waals surface area contributed by atoms with E-state index in [9.17, 15) is 4.79 Å². The van der Waals surface area contributed by atoms with Crippen LogP contribution in [-0.4, -0.2) is 22.4 Å². The second-order valence-corrected chi connectivity index (χ2v) is 6.45. The van der Waals surface area contributed by atoms with Crippen LogP contribution >= 0.6 is 0 Å². The number of nitrogens with one attached hydrogen (secondary N) is 2. The summed E-state index contributed by atoms with van der Waals surface area (Å²) in [5, 5.41) is 2.89. The van der Waals surface area contributed by atoms with Gasteiger partial charge in [0.25, 0.3) is 5.91 Å². The van der Waals surface area contributed by atoms with E-state index < -0.39 is 0 Å². The van der Waals surface area contributed by atoms with Gasteiger partial charge < -0.3 is 10.3 Å². The lowest BCUT2D eigenvalue weighted by atomic mass is 10.0. The molecule has 1 aromatic carbocycles. The van der Waals surface area contributed by atoms with Gasteiger partial charge in [-0.25, -0.2) is 0 Å². The largest absolute Gasteiger partial charge is 0.358 e. The first-order valence-corrected chi connectivity index (χ1v) is 8.98. The van der Waals surface area contributed by atoms with Gasteiger partial charge in [-0.1, -0.05) is 37.3 Å². The van der Waals surface area contributed by atoms with Gasteiger partial charge in [-0.05, 0) is 36.2 Å². The molecular weight excluding hydrogens is 322 g/mol. The number of pyridine rings is 1. The van der Waals surface area contributed by atoms with E-state index in [1.165, 1.54) is 5.56 Å². The van der Waals surface area contributed by atoms with Crippen molar-refractivity contribution in [2.45, 2.75) is 19.8 Å². The van der Waals surface area contributed by atoms with Crippen molar-refractivity contribution in [3.63, 3.8) is 0 Å². The highest BCUT2D eigenvalue weighted by atomic mass is 16.1. The number of rotatable bonds is 4. The first-order chi connectivity index (χ1) is 12.7. The Morgan fingerprint density at radius 2 is 2.08 bits per heavy atom. The number of carbonyl (C=O) groups excluding carboxylic acids is 1. The summed E-state index contributed by atoms with van der Waals surface area (Å²) in [6, 6.07) is 14.3. The predicted octanol–water partition coefficient (Wildman–Crippen LogP) is 4.45. The number of fused-ring (bicyclic) bond motifs is 1. The predicted molar refractivity (Wildman–Crippen MR) is 105 cm³/mol. The van der Waals surface area contributed by atoms with E-state index in [1.54, 1.807) is 0 Å². The van der Waals surface area contributed by atoms with Gasteiger partial charge in [-0.2, -0.15) is 0 Å². The number of carbonyl (C=O) groups is 1. The van der Waals surface area contributed by atoms with Crippen molar-refractivity contribution in [3.8, 4) is 22.5 Å². The topological polar surface area (TPSA) is 57.8 Å². The zero-order chi connectivity index (χ0) is 17.9. The molecule has 0 atom stereocenters. The van der Waals surface area contributed by atoms with Crippen LogP contribution in [0.15, 0.2) is 54.7 Å². The van der Waals surface area contributed by atoms with Crippen LogP contribution in [0.25, 0.3) is 28.6 Å². The van der Waals surface area contributed by atoms with Gasteiger partial charge in [0.2, 0.25) is 0 Å². The van der Waals surface area contributed by atoms with Gasteiger partial charge in [0, 0.05) is 41.7 Å². The van der Waals surface area contributed by atoms with Crippen LogP contribution in [0.4, 0.5) is 0 Å². The SMILES string of the molecule is CCC=Cc1cccc(-c2cc(-c3cc4c([nH]3)CCNC4=O)ccn2)c1. The molecule has 0 bridgehead atoms. The summed E-state index contributed by atoms with van der Waals surface area (Å²) in [6.07, 6.45) is 7.95. The third-order valence-electron chi connectivity index (χ3n) is 4.60. The molecule has 4 nitrogen and oxygen atoms in total. The smallest absolute Gasteiger partial charge is 0.253 e. The second kappa shape index (κ2) is 7.00. The first kappa shape index (κ1) is 16.3. The number of H-pyrrole nitrogens is 1. The van der Waals surface area contributed by atoms with Crippen molar-refractivity contribution in [2.75, 3.05) is 6.54 Å². The van der Waals surface area contributed by atoms with Crippen molar-refractivity contribution < 1.29 is 4.79 Å². The van der Waals surface area contributed by atoms with Crippen LogP contribution in [-0.2, 0) is 6.42 Å². The summed E-state index contributed by atoms with van der Waals surface area (Å²) in [6.45, 7) is 2.81. The lowest BCUT2D eigenvalue weighted by molar-refractivity contribution is 0.0946. The molecule has 2 N–H and O–H groups in total. The van der Waals surface area contributed by atoms with Crippen molar-refractivity contribution in [2.24, 2.45) is 0 Å². The van der Waals surface area contributed by atoms with Crippen molar-refractivity contribution >= 4 is 12.0 Å². The summed E-state index contributed by atoms with van der Waals surface area (Å²) in [5.74, 6) is -0.00144. The molecule has 0 saturated heterocycles. The van der Waals surface area contributed by atoms with Crippen LogP contribution in [0.1, 0.15) is 35.0 Å². The summed E-state index contributed by atoms with van der Waals surface area (Å²) >= 11 is 0. The third kappa shape index (κ3) is 3.18. The Labute approximate surface area is 153 Å². The van der Waals surface area contributed by atoms with Gasteiger partial charge in [-0.15, -0.1) is 0 Å². The molecule has 26 heavy (non-hydrogen) atoms. The number of allylic oxidation sites excluding steroid dienone is 1. The van der Waals surface area contributed by atoms with Crippen molar-refractivity contribution in [1.82, 2.24) is 15.3 Å². The molecule has 0 unspecified atom stereocenters. The summed E-state index contributed by atoms with van der Waals surface area (Å²) in [5.41, 5.74) is 6.92.